The zero-order chi connectivity index (χ0) is 8.43. The highest BCUT2D eigenvalue weighted by Gasteiger charge is 2.05. The lowest BCUT2D eigenvalue weighted by atomic mass is 10.2. The lowest BCUT2D eigenvalue weighted by molar-refractivity contribution is 0.107. The highest BCUT2D eigenvalue weighted by Crippen LogP contribution is 2.20. The average Bonchev–Trinajstić information content (AvgIpc) is 1.94. The first kappa shape index (κ1) is 9.10. The lowest BCUT2D eigenvalue weighted by Gasteiger charge is -1.98. The van der Waals surface area contributed by atoms with E-state index in [9.17, 15) is 4.79 Å². The Balaban J connectivity index is 3.23. The van der Waals surface area contributed by atoms with Gasteiger partial charge in [0.05, 0.1) is 0 Å². The van der Waals surface area contributed by atoms with E-state index in [-0.39, 0.29) is 0 Å². The molecule has 0 aliphatic heterocycles. The first-order valence-electron chi connectivity index (χ1n) is 2.79. The standard InChI is InChI=1S/C7H4BrClOS/c8-4-1-2-6(11)5(3-4)7(9)10/h1-3,11H. The molecular weight excluding hydrogens is 247 g/mol. The summed E-state index contributed by atoms with van der Waals surface area (Å²) in [5.74, 6) is 0. The largest absolute Gasteiger partial charge is 0.276 e. The highest BCUT2D eigenvalue weighted by atomic mass is 79.9. The second kappa shape index (κ2) is 3.61. The average molecular weight is 252 g/mol. The highest BCUT2D eigenvalue weighted by molar-refractivity contribution is 9.10. The number of carbonyl (C=O) groups is 1. The smallest absolute Gasteiger partial charge is 0.253 e. The molecule has 1 aromatic rings. The van der Waals surface area contributed by atoms with Crippen molar-refractivity contribution in [3.63, 3.8) is 0 Å². The first-order valence-corrected chi connectivity index (χ1v) is 4.41. The van der Waals surface area contributed by atoms with Gasteiger partial charge in [0.2, 0.25) is 0 Å². The molecule has 0 amide bonds. The van der Waals surface area contributed by atoms with Crippen LogP contribution in [0.15, 0.2) is 27.6 Å². The van der Waals surface area contributed by atoms with Gasteiger partial charge in [-0.15, -0.1) is 12.6 Å². The van der Waals surface area contributed by atoms with Crippen LogP contribution in [-0.2, 0) is 0 Å². The number of benzene rings is 1. The summed E-state index contributed by atoms with van der Waals surface area (Å²) in [7, 11) is 0. The molecule has 58 valence electrons. The normalized spacial score (nSPS) is 9.73. The molecule has 0 saturated heterocycles. The van der Waals surface area contributed by atoms with Gasteiger partial charge in [-0.05, 0) is 29.8 Å². The quantitative estimate of drug-likeness (QED) is 0.599. The number of thiol groups is 1. The van der Waals surface area contributed by atoms with Gasteiger partial charge in [0.1, 0.15) is 0 Å². The third-order valence-corrected chi connectivity index (χ3v) is 2.26. The van der Waals surface area contributed by atoms with E-state index in [1.165, 1.54) is 0 Å². The lowest BCUT2D eigenvalue weighted by Crippen LogP contribution is -1.89. The Morgan fingerprint density at radius 3 is 2.64 bits per heavy atom. The molecule has 0 aliphatic carbocycles. The van der Waals surface area contributed by atoms with Crippen molar-refractivity contribution in [3.8, 4) is 0 Å². The minimum Gasteiger partial charge on any atom is -0.276 e. The van der Waals surface area contributed by atoms with E-state index in [2.05, 4.69) is 28.6 Å². The molecule has 0 saturated carbocycles. The van der Waals surface area contributed by atoms with E-state index in [4.69, 9.17) is 11.6 Å². The van der Waals surface area contributed by atoms with Gasteiger partial charge < -0.3 is 0 Å². The Hall–Kier alpha value is 0.01000. The van der Waals surface area contributed by atoms with E-state index in [0.29, 0.717) is 10.5 Å². The zero-order valence-corrected chi connectivity index (χ0v) is 8.58. The summed E-state index contributed by atoms with van der Waals surface area (Å²) in [5.41, 5.74) is 0.421. The van der Waals surface area contributed by atoms with Crippen molar-refractivity contribution < 1.29 is 4.79 Å². The Kier molecular flexibility index (Phi) is 2.98. The van der Waals surface area contributed by atoms with Crippen LogP contribution in [0.2, 0.25) is 0 Å². The van der Waals surface area contributed by atoms with Crippen LogP contribution >= 0.6 is 40.2 Å². The van der Waals surface area contributed by atoms with Gasteiger partial charge in [0.15, 0.2) is 0 Å². The number of hydrogen-bond acceptors (Lipinski definition) is 2. The van der Waals surface area contributed by atoms with E-state index in [1.807, 2.05) is 0 Å². The Labute approximate surface area is 83.3 Å². The fourth-order valence-electron chi connectivity index (χ4n) is 0.666. The fraction of sp³-hybridized carbons (Fsp3) is 0. The van der Waals surface area contributed by atoms with Gasteiger partial charge >= 0.3 is 0 Å². The maximum absolute atomic E-state index is 10.7. The van der Waals surface area contributed by atoms with Crippen molar-refractivity contribution in [1.82, 2.24) is 0 Å². The van der Waals surface area contributed by atoms with Gasteiger partial charge in [-0.3, -0.25) is 4.79 Å². The van der Waals surface area contributed by atoms with Crippen LogP contribution in [0.3, 0.4) is 0 Å². The molecule has 11 heavy (non-hydrogen) atoms. The summed E-state index contributed by atoms with van der Waals surface area (Å²) in [6.45, 7) is 0. The molecule has 1 rings (SSSR count). The molecular formula is C7H4BrClOS. The van der Waals surface area contributed by atoms with Crippen LogP contribution in [0, 0.1) is 0 Å². The van der Waals surface area contributed by atoms with Gasteiger partial charge in [0, 0.05) is 14.9 Å². The third-order valence-electron chi connectivity index (χ3n) is 1.17. The van der Waals surface area contributed by atoms with E-state index in [1.54, 1.807) is 18.2 Å². The van der Waals surface area contributed by atoms with E-state index < -0.39 is 5.24 Å². The predicted octanol–water partition coefficient (Wildman–Crippen LogP) is 3.12. The van der Waals surface area contributed by atoms with Crippen LogP contribution < -0.4 is 0 Å². The van der Waals surface area contributed by atoms with Crippen LogP contribution in [-0.4, -0.2) is 5.24 Å². The van der Waals surface area contributed by atoms with Crippen molar-refractivity contribution in [1.29, 1.82) is 0 Å². The molecule has 0 heterocycles. The third kappa shape index (κ3) is 2.22. The van der Waals surface area contributed by atoms with Crippen molar-refractivity contribution in [2.75, 3.05) is 0 Å². The van der Waals surface area contributed by atoms with E-state index in [0.717, 1.165) is 4.47 Å². The summed E-state index contributed by atoms with van der Waals surface area (Å²) >= 11 is 12.5. The molecule has 0 spiro atoms. The number of hydrogen-bond donors (Lipinski definition) is 1. The van der Waals surface area contributed by atoms with Crippen LogP contribution in [0.1, 0.15) is 10.4 Å². The van der Waals surface area contributed by atoms with Crippen molar-refractivity contribution in [2.45, 2.75) is 4.90 Å². The Bertz CT molecular complexity index is 300. The maximum Gasteiger partial charge on any atom is 0.253 e. The molecule has 0 aliphatic rings. The second-order valence-electron chi connectivity index (χ2n) is 1.94. The summed E-state index contributed by atoms with van der Waals surface area (Å²) < 4.78 is 0.819. The van der Waals surface area contributed by atoms with Gasteiger partial charge in [-0.2, -0.15) is 0 Å². The molecule has 1 nitrogen and oxygen atoms in total. The van der Waals surface area contributed by atoms with Crippen molar-refractivity contribution in [2.24, 2.45) is 0 Å². The Morgan fingerprint density at radius 1 is 1.55 bits per heavy atom. The van der Waals surface area contributed by atoms with Gasteiger partial charge in [-0.1, -0.05) is 15.9 Å². The number of halogens is 2. The second-order valence-corrected chi connectivity index (χ2v) is 3.68. The van der Waals surface area contributed by atoms with Gasteiger partial charge in [-0.25, -0.2) is 0 Å². The molecule has 4 heteroatoms. The Morgan fingerprint density at radius 2 is 2.18 bits per heavy atom. The van der Waals surface area contributed by atoms with E-state index >= 15 is 0 Å². The minimum atomic E-state index is -0.490. The van der Waals surface area contributed by atoms with Crippen molar-refractivity contribution in [3.05, 3.63) is 28.2 Å². The SMILES string of the molecule is O=C(Cl)c1cc(Br)ccc1S. The maximum atomic E-state index is 10.7. The predicted molar refractivity (Wildman–Crippen MR) is 51.6 cm³/mol. The van der Waals surface area contributed by atoms with Crippen LogP contribution in [0.25, 0.3) is 0 Å². The number of rotatable bonds is 1. The van der Waals surface area contributed by atoms with Crippen LogP contribution in [0.5, 0.6) is 0 Å². The molecule has 0 unspecified atom stereocenters. The molecule has 0 atom stereocenters. The summed E-state index contributed by atoms with van der Waals surface area (Å²) in [5, 5.41) is -0.490. The summed E-state index contributed by atoms with van der Waals surface area (Å²) in [4.78, 5) is 11.3. The first-order chi connectivity index (χ1) is 5.11. The molecule has 0 aromatic heterocycles. The molecule has 0 fully saturated rings. The molecule has 0 bridgehead atoms. The summed E-state index contributed by atoms with van der Waals surface area (Å²) in [6, 6.07) is 5.14. The molecule has 0 radical (unpaired) electrons. The zero-order valence-electron chi connectivity index (χ0n) is 5.34. The van der Waals surface area contributed by atoms with Crippen LogP contribution in [0.4, 0.5) is 0 Å². The van der Waals surface area contributed by atoms with Gasteiger partial charge in [0.25, 0.3) is 5.24 Å². The molecule has 1 aromatic carbocycles. The monoisotopic (exact) mass is 250 g/mol. The molecule has 0 N–H and O–H groups in total. The number of carbonyl (C=O) groups excluding carboxylic acids is 1. The summed E-state index contributed by atoms with van der Waals surface area (Å²) in [6.07, 6.45) is 0. The topological polar surface area (TPSA) is 17.1 Å². The minimum absolute atomic E-state index is 0.421. The van der Waals surface area contributed by atoms with Crippen molar-refractivity contribution >= 4 is 45.4 Å². The fourth-order valence-corrected chi connectivity index (χ4v) is 1.49.